The second kappa shape index (κ2) is 5.18. The standard InChI is InChI=1S/C12H11ClFN3O/c1-7(8-4-2-3-5-9(8)14)16-10-6-15-17-12(18)11(10)13/h2-7H,1H3,(H2,16,17,18). The molecule has 0 aliphatic carbocycles. The van der Waals surface area contributed by atoms with E-state index in [-0.39, 0.29) is 16.9 Å². The van der Waals surface area contributed by atoms with Gasteiger partial charge in [0.15, 0.2) is 0 Å². The summed E-state index contributed by atoms with van der Waals surface area (Å²) >= 11 is 5.82. The van der Waals surface area contributed by atoms with Crippen molar-refractivity contribution in [1.29, 1.82) is 0 Å². The first kappa shape index (κ1) is 12.6. The fraction of sp³-hybridized carbons (Fsp3) is 0.167. The van der Waals surface area contributed by atoms with E-state index in [1.165, 1.54) is 12.3 Å². The summed E-state index contributed by atoms with van der Waals surface area (Å²) in [4.78, 5) is 11.3. The SMILES string of the molecule is CC(Nc1cn[nH]c(=O)c1Cl)c1ccccc1F. The van der Waals surface area contributed by atoms with Crippen LogP contribution >= 0.6 is 11.6 Å². The maximum Gasteiger partial charge on any atom is 0.285 e. The van der Waals surface area contributed by atoms with E-state index in [2.05, 4.69) is 15.5 Å². The van der Waals surface area contributed by atoms with Gasteiger partial charge in [-0.25, -0.2) is 9.49 Å². The van der Waals surface area contributed by atoms with Gasteiger partial charge in [-0.2, -0.15) is 5.10 Å². The summed E-state index contributed by atoms with van der Waals surface area (Å²) in [6, 6.07) is 6.08. The number of nitrogens with one attached hydrogen (secondary N) is 2. The molecule has 0 saturated heterocycles. The predicted molar refractivity (Wildman–Crippen MR) is 68.3 cm³/mol. The number of H-pyrrole nitrogens is 1. The summed E-state index contributed by atoms with van der Waals surface area (Å²) in [5, 5.41) is 8.81. The summed E-state index contributed by atoms with van der Waals surface area (Å²) in [5.74, 6) is -0.313. The van der Waals surface area contributed by atoms with E-state index in [0.29, 0.717) is 11.3 Å². The van der Waals surface area contributed by atoms with Gasteiger partial charge in [-0.05, 0) is 13.0 Å². The highest BCUT2D eigenvalue weighted by Gasteiger charge is 2.12. The lowest BCUT2D eigenvalue weighted by Crippen LogP contribution is -2.14. The quantitative estimate of drug-likeness (QED) is 0.899. The summed E-state index contributed by atoms with van der Waals surface area (Å²) in [6.45, 7) is 1.77. The van der Waals surface area contributed by atoms with Gasteiger partial charge in [0.25, 0.3) is 5.56 Å². The molecule has 2 N–H and O–H groups in total. The minimum absolute atomic E-state index is 0.00758. The van der Waals surface area contributed by atoms with Crippen LogP contribution in [0.1, 0.15) is 18.5 Å². The topological polar surface area (TPSA) is 57.8 Å². The van der Waals surface area contributed by atoms with Crippen molar-refractivity contribution in [3.05, 3.63) is 57.2 Å². The average Bonchev–Trinajstić information content (AvgIpc) is 2.35. The zero-order valence-corrected chi connectivity index (χ0v) is 10.3. The van der Waals surface area contributed by atoms with Crippen molar-refractivity contribution in [2.75, 3.05) is 5.32 Å². The maximum absolute atomic E-state index is 13.6. The van der Waals surface area contributed by atoms with E-state index in [9.17, 15) is 9.18 Å². The third kappa shape index (κ3) is 2.51. The molecule has 0 fully saturated rings. The maximum atomic E-state index is 13.6. The largest absolute Gasteiger partial charge is 0.376 e. The van der Waals surface area contributed by atoms with E-state index in [4.69, 9.17) is 11.6 Å². The summed E-state index contributed by atoms with van der Waals surface area (Å²) in [7, 11) is 0. The van der Waals surface area contributed by atoms with Crippen LogP contribution in [0, 0.1) is 5.82 Å². The molecule has 1 aromatic heterocycles. The first-order valence-electron chi connectivity index (χ1n) is 5.33. The van der Waals surface area contributed by atoms with E-state index in [1.807, 2.05) is 0 Å². The van der Waals surface area contributed by atoms with Gasteiger partial charge in [0, 0.05) is 5.56 Å². The summed E-state index contributed by atoms with van der Waals surface area (Å²) in [6.07, 6.45) is 1.39. The van der Waals surface area contributed by atoms with Crippen LogP contribution in [0.25, 0.3) is 0 Å². The number of benzene rings is 1. The molecule has 1 aromatic carbocycles. The van der Waals surface area contributed by atoms with Gasteiger partial charge in [0.1, 0.15) is 10.8 Å². The Morgan fingerprint density at radius 1 is 1.44 bits per heavy atom. The average molecular weight is 268 g/mol. The van der Waals surface area contributed by atoms with Crippen LogP contribution in [-0.4, -0.2) is 10.2 Å². The molecule has 0 bridgehead atoms. The molecule has 0 radical (unpaired) electrons. The molecule has 2 aromatic rings. The van der Waals surface area contributed by atoms with E-state index in [0.717, 1.165) is 0 Å². The van der Waals surface area contributed by atoms with Gasteiger partial charge in [-0.3, -0.25) is 4.79 Å². The second-order valence-electron chi connectivity index (χ2n) is 3.81. The molecule has 0 aliphatic heterocycles. The zero-order chi connectivity index (χ0) is 13.1. The monoisotopic (exact) mass is 267 g/mol. The lowest BCUT2D eigenvalue weighted by molar-refractivity contribution is 0.600. The number of nitrogens with zero attached hydrogens (tertiary/aromatic N) is 1. The van der Waals surface area contributed by atoms with Crippen molar-refractivity contribution < 1.29 is 4.39 Å². The predicted octanol–water partition coefficient (Wildman–Crippen LogP) is 2.74. The lowest BCUT2D eigenvalue weighted by atomic mass is 10.1. The summed E-state index contributed by atoms with van der Waals surface area (Å²) < 4.78 is 13.6. The normalized spacial score (nSPS) is 12.2. The van der Waals surface area contributed by atoms with Crippen LogP contribution < -0.4 is 10.9 Å². The van der Waals surface area contributed by atoms with Crippen molar-refractivity contribution in [2.24, 2.45) is 0 Å². The first-order valence-corrected chi connectivity index (χ1v) is 5.71. The van der Waals surface area contributed by atoms with Crippen molar-refractivity contribution in [3.8, 4) is 0 Å². The Kier molecular flexibility index (Phi) is 3.62. The van der Waals surface area contributed by atoms with Crippen LogP contribution in [0.3, 0.4) is 0 Å². The molecular formula is C12H11ClFN3O. The molecule has 1 unspecified atom stereocenters. The van der Waals surface area contributed by atoms with Crippen molar-refractivity contribution in [2.45, 2.75) is 13.0 Å². The molecule has 0 spiro atoms. The van der Waals surface area contributed by atoms with Gasteiger partial charge >= 0.3 is 0 Å². The number of halogens is 2. The number of anilines is 1. The minimum atomic E-state index is -0.484. The molecule has 6 heteroatoms. The zero-order valence-electron chi connectivity index (χ0n) is 9.58. The Labute approximate surface area is 108 Å². The summed E-state index contributed by atoms with van der Waals surface area (Å²) in [5.41, 5.74) is 0.382. The van der Waals surface area contributed by atoms with Crippen LogP contribution in [0.5, 0.6) is 0 Å². The van der Waals surface area contributed by atoms with Crippen LogP contribution in [0.2, 0.25) is 5.02 Å². The highest BCUT2D eigenvalue weighted by atomic mass is 35.5. The number of aromatic amines is 1. The molecule has 1 heterocycles. The Morgan fingerprint density at radius 2 is 2.17 bits per heavy atom. The molecule has 0 aliphatic rings. The fourth-order valence-electron chi connectivity index (χ4n) is 1.62. The fourth-order valence-corrected chi connectivity index (χ4v) is 1.77. The molecule has 2 rings (SSSR count). The first-order chi connectivity index (χ1) is 8.59. The van der Waals surface area contributed by atoms with E-state index >= 15 is 0 Å². The van der Waals surface area contributed by atoms with Crippen LogP contribution in [0.4, 0.5) is 10.1 Å². The molecular weight excluding hydrogens is 257 g/mol. The van der Waals surface area contributed by atoms with Gasteiger partial charge in [0.05, 0.1) is 17.9 Å². The third-order valence-corrected chi connectivity index (χ3v) is 2.91. The Bertz CT molecular complexity index is 614. The van der Waals surface area contributed by atoms with E-state index in [1.54, 1.807) is 25.1 Å². The Morgan fingerprint density at radius 3 is 2.89 bits per heavy atom. The highest BCUT2D eigenvalue weighted by molar-refractivity contribution is 6.32. The molecule has 4 nitrogen and oxygen atoms in total. The van der Waals surface area contributed by atoms with Crippen molar-refractivity contribution in [1.82, 2.24) is 10.2 Å². The van der Waals surface area contributed by atoms with Crippen LogP contribution in [0.15, 0.2) is 35.3 Å². The van der Waals surface area contributed by atoms with Gasteiger partial charge < -0.3 is 5.32 Å². The number of rotatable bonds is 3. The van der Waals surface area contributed by atoms with Gasteiger partial charge in [-0.15, -0.1) is 0 Å². The number of aromatic nitrogens is 2. The highest BCUT2D eigenvalue weighted by Crippen LogP contribution is 2.23. The number of hydrogen-bond acceptors (Lipinski definition) is 3. The van der Waals surface area contributed by atoms with Gasteiger partial charge in [0.2, 0.25) is 0 Å². The smallest absolute Gasteiger partial charge is 0.285 e. The van der Waals surface area contributed by atoms with Crippen molar-refractivity contribution >= 4 is 17.3 Å². The Balaban J connectivity index is 2.27. The molecule has 18 heavy (non-hydrogen) atoms. The molecule has 1 atom stereocenters. The van der Waals surface area contributed by atoms with Crippen molar-refractivity contribution in [3.63, 3.8) is 0 Å². The molecule has 0 saturated carbocycles. The third-order valence-electron chi connectivity index (χ3n) is 2.54. The lowest BCUT2D eigenvalue weighted by Gasteiger charge is -2.16. The molecule has 0 amide bonds. The minimum Gasteiger partial charge on any atom is -0.376 e. The van der Waals surface area contributed by atoms with Gasteiger partial charge in [-0.1, -0.05) is 29.8 Å². The Hall–Kier alpha value is -1.88. The van der Waals surface area contributed by atoms with E-state index < -0.39 is 5.56 Å². The van der Waals surface area contributed by atoms with Crippen LogP contribution in [-0.2, 0) is 0 Å². The number of hydrogen-bond donors (Lipinski definition) is 2. The molecule has 94 valence electrons. The second-order valence-corrected chi connectivity index (χ2v) is 4.19.